The van der Waals surface area contributed by atoms with Crippen molar-refractivity contribution in [2.75, 3.05) is 12.4 Å². The average molecular weight is 313 g/mol. The van der Waals surface area contributed by atoms with Gasteiger partial charge in [-0.15, -0.1) is 11.6 Å². The van der Waals surface area contributed by atoms with E-state index in [1.54, 1.807) is 11.8 Å². The van der Waals surface area contributed by atoms with Crippen LogP contribution in [0.5, 0.6) is 0 Å². The highest BCUT2D eigenvalue weighted by molar-refractivity contribution is 6.18. The van der Waals surface area contributed by atoms with Crippen molar-refractivity contribution in [2.24, 2.45) is 0 Å². The Bertz CT molecular complexity index is 516. The maximum atomic E-state index is 12.7. The highest BCUT2D eigenvalue weighted by Crippen LogP contribution is 2.21. The Hall–Kier alpha value is -1.62. The third-order valence-electron chi connectivity index (χ3n) is 3.62. The standard InChI is InChI=1S/C15H21ClN2O3/c1-4-12(5-2)17(9-8-16)15(19)14-7-6-13(18(20)21)10-11(14)3/h6-7,10,12H,4-5,8-9H2,1-3H3. The first kappa shape index (κ1) is 17.4. The molecule has 0 spiro atoms. The number of alkyl halides is 1. The van der Waals surface area contributed by atoms with Crippen LogP contribution in [0.25, 0.3) is 0 Å². The number of nitro groups is 1. The molecule has 0 unspecified atom stereocenters. The van der Waals surface area contributed by atoms with Crippen LogP contribution in [-0.2, 0) is 0 Å². The molecule has 1 aromatic rings. The molecule has 6 heteroatoms. The van der Waals surface area contributed by atoms with Crippen molar-refractivity contribution in [2.45, 2.75) is 39.7 Å². The molecule has 0 fully saturated rings. The van der Waals surface area contributed by atoms with E-state index in [0.29, 0.717) is 23.6 Å². The van der Waals surface area contributed by atoms with Gasteiger partial charge in [0, 0.05) is 36.2 Å². The van der Waals surface area contributed by atoms with Crippen LogP contribution in [0.3, 0.4) is 0 Å². The van der Waals surface area contributed by atoms with Gasteiger partial charge in [0.25, 0.3) is 11.6 Å². The SMILES string of the molecule is CCC(CC)N(CCCl)C(=O)c1ccc([N+](=O)[O-])cc1C. The molecule has 0 heterocycles. The highest BCUT2D eigenvalue weighted by atomic mass is 35.5. The van der Waals surface area contributed by atoms with E-state index in [4.69, 9.17) is 11.6 Å². The number of non-ortho nitro benzene ring substituents is 1. The number of nitro benzene ring substituents is 1. The molecule has 116 valence electrons. The summed E-state index contributed by atoms with van der Waals surface area (Å²) in [5.41, 5.74) is 1.10. The summed E-state index contributed by atoms with van der Waals surface area (Å²) in [5.74, 6) is 0.255. The van der Waals surface area contributed by atoms with Gasteiger partial charge in [-0.05, 0) is 31.4 Å². The minimum atomic E-state index is -0.460. The Balaban J connectivity index is 3.11. The first-order valence-corrected chi connectivity index (χ1v) is 7.61. The number of carbonyl (C=O) groups is 1. The number of rotatable bonds is 7. The molecule has 5 nitrogen and oxygen atoms in total. The molecule has 1 aromatic carbocycles. The van der Waals surface area contributed by atoms with Gasteiger partial charge in [-0.1, -0.05) is 13.8 Å². The Morgan fingerprint density at radius 3 is 2.43 bits per heavy atom. The van der Waals surface area contributed by atoms with E-state index in [1.807, 2.05) is 13.8 Å². The molecular formula is C15H21ClN2O3. The van der Waals surface area contributed by atoms with E-state index < -0.39 is 4.92 Å². The van der Waals surface area contributed by atoms with Crippen molar-refractivity contribution in [3.63, 3.8) is 0 Å². The lowest BCUT2D eigenvalue weighted by Gasteiger charge is -2.30. The van der Waals surface area contributed by atoms with Crippen LogP contribution in [0.4, 0.5) is 5.69 Å². The number of carbonyl (C=O) groups excluding carboxylic acids is 1. The number of hydrogen-bond donors (Lipinski definition) is 0. The van der Waals surface area contributed by atoms with Crippen LogP contribution in [0.2, 0.25) is 0 Å². The normalized spacial score (nSPS) is 10.7. The smallest absolute Gasteiger partial charge is 0.269 e. The first-order chi connectivity index (χ1) is 9.96. The fourth-order valence-corrected chi connectivity index (χ4v) is 2.61. The summed E-state index contributed by atoms with van der Waals surface area (Å²) in [6.45, 7) is 6.26. The molecule has 1 amide bonds. The van der Waals surface area contributed by atoms with Crippen LogP contribution in [0.15, 0.2) is 18.2 Å². The maximum Gasteiger partial charge on any atom is 0.269 e. The fraction of sp³-hybridized carbons (Fsp3) is 0.533. The molecule has 0 saturated heterocycles. The van der Waals surface area contributed by atoms with E-state index in [-0.39, 0.29) is 17.6 Å². The summed E-state index contributed by atoms with van der Waals surface area (Å²) in [6, 6.07) is 4.45. The predicted molar refractivity (Wildman–Crippen MR) is 84.0 cm³/mol. The Morgan fingerprint density at radius 2 is 2.00 bits per heavy atom. The maximum absolute atomic E-state index is 12.7. The zero-order valence-electron chi connectivity index (χ0n) is 12.6. The first-order valence-electron chi connectivity index (χ1n) is 7.08. The van der Waals surface area contributed by atoms with Gasteiger partial charge in [0.1, 0.15) is 0 Å². The summed E-state index contributed by atoms with van der Waals surface area (Å²) >= 11 is 5.81. The molecule has 0 aliphatic carbocycles. The summed E-state index contributed by atoms with van der Waals surface area (Å²) < 4.78 is 0. The van der Waals surface area contributed by atoms with E-state index in [2.05, 4.69) is 0 Å². The fourth-order valence-electron chi connectivity index (χ4n) is 2.43. The van der Waals surface area contributed by atoms with E-state index in [0.717, 1.165) is 12.8 Å². The van der Waals surface area contributed by atoms with Crippen LogP contribution in [-0.4, -0.2) is 34.2 Å². The zero-order valence-corrected chi connectivity index (χ0v) is 13.4. The lowest BCUT2D eigenvalue weighted by atomic mass is 10.0. The van der Waals surface area contributed by atoms with Gasteiger partial charge in [0.2, 0.25) is 0 Å². The minimum absolute atomic E-state index is 0.00419. The predicted octanol–water partition coefficient (Wildman–Crippen LogP) is 3.77. The highest BCUT2D eigenvalue weighted by Gasteiger charge is 2.23. The molecule has 1 rings (SSSR count). The van der Waals surface area contributed by atoms with Crippen LogP contribution in [0, 0.1) is 17.0 Å². The third-order valence-corrected chi connectivity index (χ3v) is 3.79. The molecule has 0 bridgehead atoms. The number of aryl methyl sites for hydroxylation is 1. The van der Waals surface area contributed by atoms with Gasteiger partial charge in [0.05, 0.1) is 4.92 Å². The van der Waals surface area contributed by atoms with Gasteiger partial charge in [-0.3, -0.25) is 14.9 Å². The van der Waals surface area contributed by atoms with Crippen LogP contribution in [0.1, 0.15) is 42.6 Å². The minimum Gasteiger partial charge on any atom is -0.334 e. The molecule has 0 radical (unpaired) electrons. The van der Waals surface area contributed by atoms with Crippen molar-refractivity contribution in [1.29, 1.82) is 0 Å². The molecule has 0 saturated carbocycles. The van der Waals surface area contributed by atoms with Gasteiger partial charge >= 0.3 is 0 Å². The number of halogens is 1. The summed E-state index contributed by atoms with van der Waals surface area (Å²) in [4.78, 5) is 24.8. The van der Waals surface area contributed by atoms with Crippen LogP contribution >= 0.6 is 11.6 Å². The van der Waals surface area contributed by atoms with Gasteiger partial charge < -0.3 is 4.90 Å². The largest absolute Gasteiger partial charge is 0.334 e. The number of amides is 1. The quantitative estimate of drug-likeness (QED) is 0.437. The lowest BCUT2D eigenvalue weighted by Crippen LogP contribution is -2.41. The monoisotopic (exact) mass is 312 g/mol. The van der Waals surface area contributed by atoms with E-state index >= 15 is 0 Å². The summed E-state index contributed by atoms with van der Waals surface area (Å²) in [7, 11) is 0. The van der Waals surface area contributed by atoms with Crippen molar-refractivity contribution < 1.29 is 9.72 Å². The Kier molecular flexibility index (Phi) is 6.62. The van der Waals surface area contributed by atoms with E-state index in [1.165, 1.54) is 18.2 Å². The molecule has 0 aliphatic rings. The molecular weight excluding hydrogens is 292 g/mol. The second-order valence-electron chi connectivity index (χ2n) is 4.91. The Labute approximate surface area is 130 Å². The Morgan fingerprint density at radius 1 is 1.38 bits per heavy atom. The van der Waals surface area contributed by atoms with Crippen molar-refractivity contribution in [3.05, 3.63) is 39.4 Å². The molecule has 0 aromatic heterocycles. The topological polar surface area (TPSA) is 63.5 Å². The van der Waals surface area contributed by atoms with E-state index in [9.17, 15) is 14.9 Å². The summed E-state index contributed by atoms with van der Waals surface area (Å²) in [5, 5.41) is 10.8. The molecule has 21 heavy (non-hydrogen) atoms. The summed E-state index contributed by atoms with van der Waals surface area (Å²) in [6.07, 6.45) is 1.70. The third kappa shape index (κ3) is 4.17. The van der Waals surface area contributed by atoms with Crippen molar-refractivity contribution in [1.82, 2.24) is 4.90 Å². The average Bonchev–Trinajstić information content (AvgIpc) is 2.46. The van der Waals surface area contributed by atoms with Crippen molar-refractivity contribution >= 4 is 23.2 Å². The van der Waals surface area contributed by atoms with Gasteiger partial charge in [-0.25, -0.2) is 0 Å². The second-order valence-corrected chi connectivity index (χ2v) is 5.29. The second kappa shape index (κ2) is 7.98. The van der Waals surface area contributed by atoms with Crippen LogP contribution < -0.4 is 0 Å². The number of benzene rings is 1. The molecule has 0 aliphatic heterocycles. The lowest BCUT2D eigenvalue weighted by molar-refractivity contribution is -0.384. The number of nitrogens with zero attached hydrogens (tertiary/aromatic N) is 2. The molecule has 0 N–H and O–H groups in total. The number of hydrogen-bond acceptors (Lipinski definition) is 3. The molecule has 0 atom stereocenters. The van der Waals surface area contributed by atoms with Gasteiger partial charge in [0.15, 0.2) is 0 Å². The van der Waals surface area contributed by atoms with Crippen molar-refractivity contribution in [3.8, 4) is 0 Å². The van der Waals surface area contributed by atoms with Gasteiger partial charge in [-0.2, -0.15) is 0 Å². The zero-order chi connectivity index (χ0) is 16.0.